The maximum Gasteiger partial charge on any atom is 0.0678 e. The summed E-state index contributed by atoms with van der Waals surface area (Å²) in [6.07, 6.45) is 4.87. The minimum atomic E-state index is 0.973. The van der Waals surface area contributed by atoms with E-state index in [4.69, 9.17) is 0 Å². The number of hydrogen-bond acceptors (Lipinski definition) is 1. The Morgan fingerprint density at radius 1 is 1.20 bits per heavy atom. The first kappa shape index (κ1) is 8.48. The van der Waals surface area contributed by atoms with Crippen LogP contribution in [0.1, 0.15) is 12.6 Å². The van der Waals surface area contributed by atoms with Gasteiger partial charge in [0.1, 0.15) is 0 Å². The molecule has 1 aromatic carbocycles. The van der Waals surface area contributed by atoms with Crippen molar-refractivity contribution in [1.82, 2.24) is 9.38 Å². The lowest BCUT2D eigenvalue weighted by Gasteiger charge is -2.00. The van der Waals surface area contributed by atoms with Gasteiger partial charge in [0.15, 0.2) is 0 Å². The predicted octanol–water partition coefficient (Wildman–Crippen LogP) is 3.05. The van der Waals surface area contributed by atoms with Gasteiger partial charge in [-0.15, -0.1) is 0 Å². The van der Waals surface area contributed by atoms with Crippen molar-refractivity contribution in [1.29, 1.82) is 0 Å². The Hall–Kier alpha value is -1.83. The predicted molar refractivity (Wildman–Crippen MR) is 62.1 cm³/mol. The molecule has 2 heteroatoms. The molecular formula is C13H12N2. The lowest BCUT2D eigenvalue weighted by molar-refractivity contribution is 1.01. The van der Waals surface area contributed by atoms with E-state index in [1.54, 1.807) is 0 Å². The van der Waals surface area contributed by atoms with Gasteiger partial charge in [-0.1, -0.05) is 25.1 Å². The molecule has 0 fully saturated rings. The van der Waals surface area contributed by atoms with E-state index in [0.29, 0.717) is 0 Å². The van der Waals surface area contributed by atoms with Crippen molar-refractivity contribution < 1.29 is 0 Å². The molecule has 0 bridgehead atoms. The van der Waals surface area contributed by atoms with Gasteiger partial charge < -0.3 is 4.40 Å². The Morgan fingerprint density at radius 3 is 2.93 bits per heavy atom. The van der Waals surface area contributed by atoms with Gasteiger partial charge in [0.25, 0.3) is 0 Å². The maximum atomic E-state index is 4.40. The Morgan fingerprint density at radius 2 is 2.07 bits per heavy atom. The molecule has 0 spiro atoms. The van der Waals surface area contributed by atoms with E-state index in [1.807, 2.05) is 12.4 Å². The van der Waals surface area contributed by atoms with Crippen LogP contribution in [0.4, 0.5) is 0 Å². The second-order valence-corrected chi connectivity index (χ2v) is 3.69. The summed E-state index contributed by atoms with van der Waals surface area (Å²) in [4.78, 5) is 4.40. The van der Waals surface area contributed by atoms with E-state index in [-0.39, 0.29) is 0 Å². The van der Waals surface area contributed by atoms with Crippen LogP contribution >= 0.6 is 0 Å². The molecule has 0 aliphatic carbocycles. The maximum absolute atomic E-state index is 4.40. The number of benzene rings is 1. The summed E-state index contributed by atoms with van der Waals surface area (Å²) in [5, 5.41) is 1.28. The molecule has 0 amide bonds. The molecule has 3 rings (SSSR count). The topological polar surface area (TPSA) is 17.3 Å². The Balaban J connectivity index is 2.53. The number of rotatable bonds is 1. The highest BCUT2D eigenvalue weighted by molar-refractivity contribution is 5.87. The van der Waals surface area contributed by atoms with Crippen molar-refractivity contribution in [2.24, 2.45) is 0 Å². The summed E-state index contributed by atoms with van der Waals surface area (Å²) in [6.45, 7) is 2.14. The van der Waals surface area contributed by atoms with Crippen LogP contribution in [0, 0.1) is 0 Å². The number of aryl methyl sites for hydroxylation is 1. The highest BCUT2D eigenvalue weighted by Gasteiger charge is 2.04. The summed E-state index contributed by atoms with van der Waals surface area (Å²) < 4.78 is 2.21. The third-order valence-corrected chi connectivity index (χ3v) is 2.82. The minimum absolute atomic E-state index is 0.973. The number of aromatic nitrogens is 2. The van der Waals surface area contributed by atoms with Gasteiger partial charge in [0.05, 0.1) is 16.7 Å². The fourth-order valence-electron chi connectivity index (χ4n) is 2.09. The third kappa shape index (κ3) is 1.14. The lowest BCUT2D eigenvalue weighted by atomic mass is 10.2. The van der Waals surface area contributed by atoms with E-state index in [1.165, 1.54) is 16.4 Å². The first-order valence-electron chi connectivity index (χ1n) is 5.24. The Bertz CT molecular complexity index is 623. The molecule has 0 N–H and O–H groups in total. The second kappa shape index (κ2) is 3.09. The molecule has 0 aliphatic rings. The fourth-order valence-corrected chi connectivity index (χ4v) is 2.09. The quantitative estimate of drug-likeness (QED) is 0.584. The molecule has 0 aliphatic heterocycles. The molecule has 3 aromatic rings. The van der Waals surface area contributed by atoms with Crippen LogP contribution in [0.25, 0.3) is 16.4 Å². The molecule has 0 saturated heterocycles. The average molecular weight is 196 g/mol. The molecule has 15 heavy (non-hydrogen) atoms. The van der Waals surface area contributed by atoms with Crippen LogP contribution in [-0.2, 0) is 6.42 Å². The van der Waals surface area contributed by atoms with Crippen LogP contribution in [0.2, 0.25) is 0 Å². The van der Waals surface area contributed by atoms with Gasteiger partial charge in [0, 0.05) is 17.8 Å². The van der Waals surface area contributed by atoms with Crippen LogP contribution in [0.3, 0.4) is 0 Å². The lowest BCUT2D eigenvalue weighted by Crippen LogP contribution is -1.92. The molecule has 0 atom stereocenters. The zero-order chi connectivity index (χ0) is 10.3. The van der Waals surface area contributed by atoms with Crippen LogP contribution in [0.15, 0.2) is 42.7 Å². The highest BCUT2D eigenvalue weighted by atomic mass is 14.9. The second-order valence-electron chi connectivity index (χ2n) is 3.69. The van der Waals surface area contributed by atoms with E-state index >= 15 is 0 Å². The monoisotopic (exact) mass is 196 g/mol. The third-order valence-electron chi connectivity index (χ3n) is 2.82. The molecule has 0 saturated carbocycles. The van der Waals surface area contributed by atoms with Crippen molar-refractivity contribution in [2.75, 3.05) is 0 Å². The van der Waals surface area contributed by atoms with Crippen molar-refractivity contribution in [3.63, 3.8) is 0 Å². The van der Waals surface area contributed by atoms with E-state index in [2.05, 4.69) is 46.6 Å². The minimum Gasteiger partial charge on any atom is -0.313 e. The first-order valence-corrected chi connectivity index (χ1v) is 5.24. The summed E-state index contributed by atoms with van der Waals surface area (Å²) in [5.41, 5.74) is 3.64. The molecule has 74 valence electrons. The van der Waals surface area contributed by atoms with Crippen LogP contribution in [0.5, 0.6) is 0 Å². The molecule has 0 radical (unpaired) electrons. The summed E-state index contributed by atoms with van der Waals surface area (Å²) in [5.74, 6) is 0. The number of nitrogens with zero attached hydrogens (tertiary/aromatic N) is 2. The van der Waals surface area contributed by atoms with Gasteiger partial charge >= 0.3 is 0 Å². The zero-order valence-corrected chi connectivity index (χ0v) is 8.64. The average Bonchev–Trinajstić information content (AvgIpc) is 2.67. The van der Waals surface area contributed by atoms with Crippen molar-refractivity contribution in [2.45, 2.75) is 13.3 Å². The van der Waals surface area contributed by atoms with Crippen molar-refractivity contribution >= 4 is 16.4 Å². The number of para-hydroxylation sites is 1. The first-order chi connectivity index (χ1) is 7.40. The standard InChI is InChI=1S/C13H12N2/c1-2-11-13-9-10-5-3-4-6-12(10)15(13)8-7-14-11/h3-9H,2H2,1H3. The van der Waals surface area contributed by atoms with Gasteiger partial charge in [0.2, 0.25) is 0 Å². The highest BCUT2D eigenvalue weighted by Crippen LogP contribution is 2.21. The smallest absolute Gasteiger partial charge is 0.0678 e. The van der Waals surface area contributed by atoms with Gasteiger partial charge in [-0.25, -0.2) is 0 Å². The summed E-state index contributed by atoms with van der Waals surface area (Å²) in [6, 6.07) is 10.6. The molecule has 2 aromatic heterocycles. The number of fused-ring (bicyclic) bond motifs is 3. The van der Waals surface area contributed by atoms with E-state index in [9.17, 15) is 0 Å². The molecule has 2 nitrogen and oxygen atoms in total. The number of hydrogen-bond donors (Lipinski definition) is 0. The Labute approximate surface area is 88.2 Å². The van der Waals surface area contributed by atoms with E-state index < -0.39 is 0 Å². The SMILES string of the molecule is CCc1nccn2c1cc1ccccc12. The van der Waals surface area contributed by atoms with Gasteiger partial charge in [-0.2, -0.15) is 0 Å². The Kier molecular flexibility index (Phi) is 1.75. The largest absolute Gasteiger partial charge is 0.313 e. The zero-order valence-electron chi connectivity index (χ0n) is 8.64. The van der Waals surface area contributed by atoms with Crippen molar-refractivity contribution in [3.8, 4) is 0 Å². The normalized spacial score (nSPS) is 11.3. The van der Waals surface area contributed by atoms with Crippen LogP contribution < -0.4 is 0 Å². The summed E-state index contributed by atoms with van der Waals surface area (Å²) >= 11 is 0. The molecule has 2 heterocycles. The van der Waals surface area contributed by atoms with E-state index in [0.717, 1.165) is 12.1 Å². The van der Waals surface area contributed by atoms with Crippen molar-refractivity contribution in [3.05, 3.63) is 48.4 Å². The molecule has 0 unspecified atom stereocenters. The fraction of sp³-hybridized carbons (Fsp3) is 0.154. The van der Waals surface area contributed by atoms with Crippen LogP contribution in [-0.4, -0.2) is 9.38 Å². The van der Waals surface area contributed by atoms with Gasteiger partial charge in [-0.05, 0) is 18.6 Å². The summed E-state index contributed by atoms with van der Waals surface area (Å²) in [7, 11) is 0. The van der Waals surface area contributed by atoms with Gasteiger partial charge in [-0.3, -0.25) is 4.98 Å². The molecular weight excluding hydrogens is 184 g/mol.